The largest absolute Gasteiger partial charge is 0.497 e. The van der Waals surface area contributed by atoms with Crippen LogP contribution in [0.3, 0.4) is 0 Å². The minimum atomic E-state index is -1.82. The highest BCUT2D eigenvalue weighted by atomic mass is 28.3. The average molecular weight is 1100 g/mol. The molecule has 79 heavy (non-hydrogen) atoms. The van der Waals surface area contributed by atoms with Gasteiger partial charge in [-0.25, -0.2) is 19.2 Å². The van der Waals surface area contributed by atoms with Gasteiger partial charge in [0, 0.05) is 14.7 Å². The highest BCUT2D eigenvalue weighted by Gasteiger charge is 2.57. The number of aliphatic hydroxyl groups is 1. The van der Waals surface area contributed by atoms with Crippen LogP contribution in [-0.2, 0) is 60.6 Å². The number of carbonyl (C=O) groups excluding carboxylic acids is 4. The molecule has 0 aliphatic carbocycles. The second-order valence-corrected chi connectivity index (χ2v) is 25.6. The van der Waals surface area contributed by atoms with E-state index in [4.69, 9.17) is 56.8 Å². The third-order valence-electron chi connectivity index (χ3n) is 13.1. The van der Waals surface area contributed by atoms with Crippen molar-refractivity contribution in [3.8, 4) is 11.5 Å². The molecule has 2 aliphatic rings. The lowest BCUT2D eigenvalue weighted by molar-refractivity contribution is -0.364. The van der Waals surface area contributed by atoms with Gasteiger partial charge in [-0.2, -0.15) is 0 Å². The Bertz CT molecular complexity index is 2850. The fraction of sp³-hybridized carbons (Fsp3) is 0.344. The van der Waals surface area contributed by atoms with Crippen molar-refractivity contribution in [1.82, 2.24) is 0 Å². The number of hydrogen-bond acceptors (Lipinski definition) is 17. The predicted octanol–water partition coefficient (Wildman–Crippen LogP) is 8.89. The molecule has 18 heteroatoms. The summed E-state index contributed by atoms with van der Waals surface area (Å²) < 4.78 is 75.5. The first-order chi connectivity index (χ1) is 38.3. The summed E-state index contributed by atoms with van der Waals surface area (Å²) >= 11 is 0. The van der Waals surface area contributed by atoms with Gasteiger partial charge < -0.3 is 61.9 Å². The van der Waals surface area contributed by atoms with Crippen LogP contribution in [0, 0.1) is 0 Å². The van der Waals surface area contributed by atoms with Gasteiger partial charge in [0.2, 0.25) is 0 Å². The van der Waals surface area contributed by atoms with Crippen LogP contribution in [0.15, 0.2) is 170 Å². The molecular formula is C61H66O17Si. The molecular weight excluding hydrogens is 1030 g/mol. The van der Waals surface area contributed by atoms with Crippen molar-refractivity contribution in [2.24, 2.45) is 0 Å². The van der Waals surface area contributed by atoms with Gasteiger partial charge in [0.25, 0.3) is 0 Å². The van der Waals surface area contributed by atoms with Crippen molar-refractivity contribution < 1.29 is 81.1 Å². The Morgan fingerprint density at radius 2 is 0.911 bits per heavy atom. The summed E-state index contributed by atoms with van der Waals surface area (Å²) in [7, 11) is 1.43. The van der Waals surface area contributed by atoms with Crippen LogP contribution >= 0.6 is 0 Å². The molecule has 2 saturated heterocycles. The molecule has 0 radical (unpaired) electrons. The van der Waals surface area contributed by atoms with E-state index in [-0.39, 0.29) is 48.7 Å². The number of aliphatic hydroxyl groups excluding tert-OH is 1. The van der Waals surface area contributed by atoms with Gasteiger partial charge in [0.15, 0.2) is 30.9 Å². The molecule has 2 fully saturated rings. The highest BCUT2D eigenvalue weighted by molar-refractivity contribution is 6.76. The number of hydrogen-bond donors (Lipinski definition) is 1. The molecule has 6 aromatic carbocycles. The maximum Gasteiger partial charge on any atom is 0.338 e. The molecule has 0 unspecified atom stereocenters. The fourth-order valence-electron chi connectivity index (χ4n) is 8.70. The third-order valence-corrected chi connectivity index (χ3v) is 14.8. The molecule has 6 aromatic rings. The van der Waals surface area contributed by atoms with E-state index in [0.717, 1.165) is 17.2 Å². The van der Waals surface area contributed by atoms with Gasteiger partial charge in [0.1, 0.15) is 48.6 Å². The van der Waals surface area contributed by atoms with Crippen LogP contribution in [-0.4, -0.2) is 133 Å². The maximum atomic E-state index is 14.5. The minimum absolute atomic E-state index is 0.0397. The van der Waals surface area contributed by atoms with Crippen molar-refractivity contribution >= 4 is 32.0 Å². The van der Waals surface area contributed by atoms with Crippen molar-refractivity contribution in [1.29, 1.82) is 0 Å². The van der Waals surface area contributed by atoms with Crippen LogP contribution in [0.2, 0.25) is 25.7 Å². The lowest BCUT2D eigenvalue weighted by Crippen LogP contribution is -2.67. The van der Waals surface area contributed by atoms with Gasteiger partial charge in [-0.05, 0) is 90.0 Å². The molecule has 0 saturated carbocycles. The zero-order chi connectivity index (χ0) is 55.7. The molecule has 2 heterocycles. The zero-order valence-corrected chi connectivity index (χ0v) is 45.7. The summed E-state index contributed by atoms with van der Waals surface area (Å²) in [6.45, 7) is 6.18. The summed E-state index contributed by atoms with van der Waals surface area (Å²) in [5.41, 5.74) is 2.06. The summed E-state index contributed by atoms with van der Waals surface area (Å²) in [6.07, 6.45) is -15.2. The minimum Gasteiger partial charge on any atom is -0.497 e. The van der Waals surface area contributed by atoms with Gasteiger partial charge >= 0.3 is 23.9 Å². The van der Waals surface area contributed by atoms with Crippen LogP contribution in [0.25, 0.3) is 0 Å². The van der Waals surface area contributed by atoms with E-state index in [9.17, 15) is 24.3 Å². The number of methoxy groups -OCH3 is 2. The molecule has 0 amide bonds. The predicted molar refractivity (Wildman–Crippen MR) is 290 cm³/mol. The summed E-state index contributed by atoms with van der Waals surface area (Å²) in [4.78, 5) is 56.9. The van der Waals surface area contributed by atoms with Crippen molar-refractivity contribution in [3.05, 3.63) is 203 Å². The van der Waals surface area contributed by atoms with E-state index in [2.05, 4.69) is 19.6 Å². The molecule has 2 aliphatic heterocycles. The summed E-state index contributed by atoms with van der Waals surface area (Å²) in [6, 6.07) is 47.5. The second kappa shape index (κ2) is 28.1. The normalized spacial score (nSPS) is 22.9. The SMILES string of the molecule is COc1ccc(COC[C@H]2O[C@@H](OCC[Si](C)(C)C)[C@H](OCc3ccc(OC)cc3)[C@@H](O[C@@H]3O[C@H](COC(=O)c4ccccc4)[C@H](OC(=O)c4ccccc4)[C@H](OC(=O)c4ccccc4)[C@H]3OC(=O)c3ccccc3)[C@H]2O)cc1. The Labute approximate surface area is 460 Å². The van der Waals surface area contributed by atoms with Gasteiger partial charge in [0.05, 0.1) is 56.3 Å². The van der Waals surface area contributed by atoms with Crippen LogP contribution in [0.4, 0.5) is 0 Å². The lowest BCUT2D eigenvalue weighted by Gasteiger charge is -2.48. The van der Waals surface area contributed by atoms with E-state index in [1.807, 2.05) is 24.3 Å². The lowest BCUT2D eigenvalue weighted by atomic mass is 9.95. The first-order valence-corrected chi connectivity index (χ1v) is 29.7. The Balaban J connectivity index is 1.22. The maximum absolute atomic E-state index is 14.5. The smallest absolute Gasteiger partial charge is 0.338 e. The number of carbonyl (C=O) groups is 4. The van der Waals surface area contributed by atoms with Crippen LogP contribution in [0.5, 0.6) is 11.5 Å². The Hall–Kier alpha value is -7.26. The quantitative estimate of drug-likeness (QED) is 0.0342. The number of benzene rings is 6. The number of esters is 4. The van der Waals surface area contributed by atoms with Gasteiger partial charge in [-0.15, -0.1) is 0 Å². The monoisotopic (exact) mass is 1100 g/mol. The van der Waals surface area contributed by atoms with E-state index < -0.39 is 100.0 Å². The Kier molecular flexibility index (Phi) is 20.6. The van der Waals surface area contributed by atoms with E-state index in [0.29, 0.717) is 11.5 Å². The van der Waals surface area contributed by atoms with Gasteiger partial charge in [-0.1, -0.05) is 117 Å². The second-order valence-electron chi connectivity index (χ2n) is 20.0. The zero-order valence-electron chi connectivity index (χ0n) is 44.7. The number of ether oxygens (including phenoxy) is 12. The number of rotatable bonds is 24. The van der Waals surface area contributed by atoms with Crippen LogP contribution in [0.1, 0.15) is 52.6 Å². The Morgan fingerprint density at radius 1 is 0.468 bits per heavy atom. The van der Waals surface area contributed by atoms with Crippen molar-refractivity contribution in [2.75, 3.05) is 34.0 Å². The fourth-order valence-corrected chi connectivity index (χ4v) is 9.43. The molecule has 8 rings (SSSR count). The van der Waals surface area contributed by atoms with Gasteiger partial charge in [-0.3, -0.25) is 0 Å². The third kappa shape index (κ3) is 16.2. The standard InChI is InChI=1S/C61H66O17Si/c1-67-46-30-26-40(27-31-46)36-69-38-48-50(62)52(54(60(73-48)70-34-35-79(3,4)5)71-37-41-28-32-47(68-2)33-29-41)78-61-55(77-59(66)45-24-16-9-17-25-45)53(76-58(65)44-22-14-8-15-23-44)51(75-57(64)43-20-12-7-13-21-43)49(74-61)39-72-56(63)42-18-10-6-11-19-42/h6-33,48-55,60-62H,34-39H2,1-5H3/t48-,49-,50+,51+,52+,53+,54-,55-,60-,61+/m1/s1. The molecule has 0 aromatic heterocycles. The summed E-state index contributed by atoms with van der Waals surface area (Å²) in [5.74, 6) is -2.14. The van der Waals surface area contributed by atoms with E-state index >= 15 is 0 Å². The summed E-state index contributed by atoms with van der Waals surface area (Å²) in [5, 5.41) is 12.7. The molecule has 416 valence electrons. The van der Waals surface area contributed by atoms with E-state index in [1.165, 1.54) is 36.4 Å². The Morgan fingerprint density at radius 3 is 1.39 bits per heavy atom. The highest BCUT2D eigenvalue weighted by Crippen LogP contribution is 2.36. The molecule has 1 N–H and O–H groups in total. The first-order valence-electron chi connectivity index (χ1n) is 26.0. The average Bonchev–Trinajstić information content (AvgIpc) is 3.49. The van der Waals surface area contributed by atoms with Crippen LogP contribution < -0.4 is 9.47 Å². The molecule has 10 atom stereocenters. The van der Waals surface area contributed by atoms with Crippen molar-refractivity contribution in [3.63, 3.8) is 0 Å². The molecule has 0 spiro atoms. The van der Waals surface area contributed by atoms with E-state index in [1.54, 1.807) is 123 Å². The topological polar surface area (TPSA) is 199 Å². The van der Waals surface area contributed by atoms with Crippen molar-refractivity contribution in [2.45, 2.75) is 100 Å². The molecule has 0 bridgehead atoms. The molecule has 17 nitrogen and oxygen atoms in total. The first kappa shape index (κ1) is 57.9.